The predicted molar refractivity (Wildman–Crippen MR) is 56.6 cm³/mol. The number of carbonyl (C=O) groups is 1. The van der Waals surface area contributed by atoms with E-state index in [1.54, 1.807) is 0 Å². The summed E-state index contributed by atoms with van der Waals surface area (Å²) in [6.45, 7) is 0.137. The van der Waals surface area contributed by atoms with Gasteiger partial charge in [0.15, 0.2) is 0 Å². The van der Waals surface area contributed by atoms with E-state index in [4.69, 9.17) is 4.74 Å². The fraction of sp³-hybridized carbons (Fsp3) is 0.300. The molecule has 0 aliphatic heterocycles. The van der Waals surface area contributed by atoms with E-state index < -0.39 is 10.8 Å². The summed E-state index contributed by atoms with van der Waals surface area (Å²) < 4.78 is 22.3. The van der Waals surface area contributed by atoms with Crippen molar-refractivity contribution in [3.63, 3.8) is 0 Å². The first-order valence-electron chi connectivity index (χ1n) is 4.23. The third kappa shape index (κ3) is 3.87. The van der Waals surface area contributed by atoms with Crippen LogP contribution in [0.2, 0.25) is 0 Å². The van der Waals surface area contributed by atoms with E-state index >= 15 is 0 Å². The molecule has 1 rings (SSSR count). The van der Waals surface area contributed by atoms with Gasteiger partial charge in [0, 0.05) is 0 Å². The lowest BCUT2D eigenvalue weighted by Crippen LogP contribution is -2.22. The topological polar surface area (TPSA) is 35.5 Å². The van der Waals surface area contributed by atoms with Crippen molar-refractivity contribution in [1.82, 2.24) is 0 Å². The highest BCUT2D eigenvalue weighted by atomic mass is 79.9. The predicted octanol–water partition coefficient (Wildman–Crippen LogP) is 2.14. The Balaban J connectivity index is 2.43. The number of carbonyl (C=O) groups excluding carboxylic acids is 1. The van der Waals surface area contributed by atoms with E-state index in [-0.39, 0.29) is 12.4 Å². The molecular formula is C10H10BrFO3. The largest absolute Gasteiger partial charge is 0.492 e. The highest BCUT2D eigenvalue weighted by Crippen LogP contribution is 2.13. The van der Waals surface area contributed by atoms with Crippen molar-refractivity contribution < 1.29 is 18.7 Å². The molecular weight excluding hydrogens is 267 g/mol. The van der Waals surface area contributed by atoms with E-state index in [1.165, 1.54) is 31.4 Å². The maximum atomic E-state index is 12.5. The number of hydrogen-bond donors (Lipinski definition) is 0. The molecule has 0 amide bonds. The third-order valence-electron chi connectivity index (χ3n) is 1.67. The number of rotatable bonds is 4. The second kappa shape index (κ2) is 5.70. The molecule has 0 aromatic heterocycles. The fourth-order valence-corrected chi connectivity index (χ4v) is 1.22. The van der Waals surface area contributed by atoms with E-state index in [0.29, 0.717) is 5.75 Å². The van der Waals surface area contributed by atoms with Crippen molar-refractivity contribution in [2.75, 3.05) is 13.7 Å². The first-order valence-corrected chi connectivity index (χ1v) is 5.15. The van der Waals surface area contributed by atoms with Gasteiger partial charge in [-0.1, -0.05) is 15.9 Å². The van der Waals surface area contributed by atoms with Crippen molar-refractivity contribution in [2.45, 2.75) is 4.83 Å². The molecule has 1 unspecified atom stereocenters. The quantitative estimate of drug-likeness (QED) is 0.625. The Morgan fingerprint density at radius 3 is 2.60 bits per heavy atom. The van der Waals surface area contributed by atoms with Gasteiger partial charge in [-0.05, 0) is 24.3 Å². The molecule has 0 heterocycles. The van der Waals surface area contributed by atoms with E-state index in [2.05, 4.69) is 20.7 Å². The zero-order valence-electron chi connectivity index (χ0n) is 8.07. The van der Waals surface area contributed by atoms with Crippen molar-refractivity contribution >= 4 is 21.9 Å². The first kappa shape index (κ1) is 12.0. The number of alkyl halides is 1. The molecule has 0 fully saturated rings. The summed E-state index contributed by atoms with van der Waals surface area (Å²) in [6.07, 6.45) is 0. The molecule has 15 heavy (non-hydrogen) atoms. The Bertz CT molecular complexity index is 326. The van der Waals surface area contributed by atoms with Crippen LogP contribution in [0.4, 0.5) is 4.39 Å². The monoisotopic (exact) mass is 276 g/mol. The average molecular weight is 277 g/mol. The summed E-state index contributed by atoms with van der Waals surface area (Å²) in [5, 5.41) is 0. The molecule has 3 nitrogen and oxygen atoms in total. The fourth-order valence-electron chi connectivity index (χ4n) is 0.896. The third-order valence-corrected chi connectivity index (χ3v) is 2.31. The van der Waals surface area contributed by atoms with Crippen LogP contribution in [0.3, 0.4) is 0 Å². The molecule has 0 radical (unpaired) electrons. The number of ether oxygens (including phenoxy) is 2. The molecule has 0 aliphatic rings. The van der Waals surface area contributed by atoms with Gasteiger partial charge in [0.2, 0.25) is 0 Å². The van der Waals surface area contributed by atoms with Gasteiger partial charge >= 0.3 is 5.97 Å². The van der Waals surface area contributed by atoms with Crippen LogP contribution in [0, 0.1) is 5.82 Å². The van der Waals surface area contributed by atoms with Crippen LogP contribution in [0.5, 0.6) is 5.75 Å². The van der Waals surface area contributed by atoms with Gasteiger partial charge in [-0.2, -0.15) is 0 Å². The average Bonchev–Trinajstić information content (AvgIpc) is 2.26. The Morgan fingerprint density at radius 2 is 2.07 bits per heavy atom. The zero-order valence-corrected chi connectivity index (χ0v) is 9.66. The Morgan fingerprint density at radius 1 is 1.47 bits per heavy atom. The molecule has 1 aromatic carbocycles. The van der Waals surface area contributed by atoms with Crippen LogP contribution in [-0.4, -0.2) is 24.5 Å². The number of halogens is 2. The minimum atomic E-state index is -0.521. The van der Waals surface area contributed by atoms with E-state index in [1.807, 2.05) is 0 Å². The molecule has 0 aliphatic carbocycles. The van der Waals surface area contributed by atoms with Crippen LogP contribution in [0.15, 0.2) is 24.3 Å². The Hall–Kier alpha value is -1.10. The highest BCUT2D eigenvalue weighted by Gasteiger charge is 2.15. The first-order chi connectivity index (χ1) is 7.13. The van der Waals surface area contributed by atoms with Crippen LogP contribution >= 0.6 is 15.9 Å². The molecule has 0 N–H and O–H groups in total. The molecule has 1 atom stereocenters. The van der Waals surface area contributed by atoms with Crippen LogP contribution in [0.25, 0.3) is 0 Å². The number of esters is 1. The minimum Gasteiger partial charge on any atom is -0.492 e. The maximum Gasteiger partial charge on any atom is 0.322 e. The molecule has 0 bridgehead atoms. The van der Waals surface area contributed by atoms with Gasteiger partial charge in [0.25, 0.3) is 0 Å². The van der Waals surface area contributed by atoms with Gasteiger partial charge in [-0.15, -0.1) is 0 Å². The normalized spacial score (nSPS) is 11.9. The molecule has 0 spiro atoms. The lowest BCUT2D eigenvalue weighted by molar-refractivity contribution is -0.140. The van der Waals surface area contributed by atoms with Crippen LogP contribution in [0.1, 0.15) is 0 Å². The molecule has 0 saturated heterocycles. The smallest absolute Gasteiger partial charge is 0.322 e. The molecule has 82 valence electrons. The Labute approximate surface area is 95.3 Å². The molecule has 5 heteroatoms. The lowest BCUT2D eigenvalue weighted by atomic mass is 10.3. The number of methoxy groups -OCH3 is 1. The summed E-state index contributed by atoms with van der Waals surface area (Å²) >= 11 is 3.10. The van der Waals surface area contributed by atoms with Gasteiger partial charge in [-0.3, -0.25) is 4.79 Å². The maximum absolute atomic E-state index is 12.5. The zero-order chi connectivity index (χ0) is 11.3. The van der Waals surface area contributed by atoms with Crippen molar-refractivity contribution in [3.05, 3.63) is 30.1 Å². The van der Waals surface area contributed by atoms with Crippen molar-refractivity contribution in [3.8, 4) is 5.75 Å². The summed E-state index contributed by atoms with van der Waals surface area (Å²) in [5.74, 6) is -0.229. The standard InChI is InChI=1S/C10H10BrFO3/c1-14-10(13)9(11)6-15-8-4-2-7(12)3-5-8/h2-5,9H,6H2,1H3. The van der Waals surface area contributed by atoms with Crippen LogP contribution < -0.4 is 4.74 Å². The van der Waals surface area contributed by atoms with Gasteiger partial charge in [-0.25, -0.2) is 4.39 Å². The van der Waals surface area contributed by atoms with E-state index in [0.717, 1.165) is 0 Å². The number of hydrogen-bond acceptors (Lipinski definition) is 3. The summed E-state index contributed by atoms with van der Waals surface area (Å²) in [5.41, 5.74) is 0. The molecule has 0 saturated carbocycles. The molecule has 1 aromatic rings. The van der Waals surface area contributed by atoms with Gasteiger partial charge in [0.05, 0.1) is 7.11 Å². The summed E-state index contributed by atoms with van der Waals surface area (Å²) in [4.78, 5) is 10.5. The lowest BCUT2D eigenvalue weighted by Gasteiger charge is -2.09. The van der Waals surface area contributed by atoms with Crippen molar-refractivity contribution in [1.29, 1.82) is 0 Å². The second-order valence-electron chi connectivity index (χ2n) is 2.76. The van der Waals surface area contributed by atoms with Gasteiger partial charge < -0.3 is 9.47 Å². The van der Waals surface area contributed by atoms with Crippen molar-refractivity contribution in [2.24, 2.45) is 0 Å². The Kier molecular flexibility index (Phi) is 4.55. The van der Waals surface area contributed by atoms with Gasteiger partial charge in [0.1, 0.15) is 23.0 Å². The van der Waals surface area contributed by atoms with Crippen LogP contribution in [-0.2, 0) is 9.53 Å². The number of benzene rings is 1. The summed E-state index contributed by atoms with van der Waals surface area (Å²) in [7, 11) is 1.30. The highest BCUT2D eigenvalue weighted by molar-refractivity contribution is 9.10. The summed E-state index contributed by atoms with van der Waals surface area (Å²) in [6, 6.07) is 5.56. The SMILES string of the molecule is COC(=O)C(Br)COc1ccc(F)cc1. The minimum absolute atomic E-state index is 0.137. The second-order valence-corrected chi connectivity index (χ2v) is 3.86. The van der Waals surface area contributed by atoms with E-state index in [9.17, 15) is 9.18 Å².